The van der Waals surface area contributed by atoms with Crippen LogP contribution in [-0.4, -0.2) is 34.7 Å². The van der Waals surface area contributed by atoms with Gasteiger partial charge in [-0.2, -0.15) is 0 Å². The molecule has 1 aromatic rings. The average Bonchev–Trinajstić information content (AvgIpc) is 2.63. The molecule has 1 aromatic carbocycles. The van der Waals surface area contributed by atoms with Gasteiger partial charge in [0.1, 0.15) is 5.41 Å². The number of hydrogen-bond donors (Lipinski definition) is 2. The van der Waals surface area contributed by atoms with Crippen molar-refractivity contribution in [2.24, 2.45) is 17.3 Å². The molecule has 0 amide bonds. The van der Waals surface area contributed by atoms with Gasteiger partial charge in [0.15, 0.2) is 0 Å². The number of ether oxygens (including phenoxy) is 2. The molecule has 2 rings (SSSR count). The van der Waals surface area contributed by atoms with Gasteiger partial charge in [0.2, 0.25) is 0 Å². The molecule has 0 spiro atoms. The zero-order valence-electron chi connectivity index (χ0n) is 15.1. The Hall–Kier alpha value is -1.92. The summed E-state index contributed by atoms with van der Waals surface area (Å²) < 4.78 is 10.5. The monoisotopic (exact) mass is 350 g/mol. The number of hydrogen-bond acceptors (Lipinski definition) is 6. The molecule has 0 saturated carbocycles. The number of fused-ring (bicyclic) bond motifs is 1. The van der Waals surface area contributed by atoms with Gasteiger partial charge in [0, 0.05) is 0 Å². The summed E-state index contributed by atoms with van der Waals surface area (Å²) in [5.74, 6) is -4.28. The normalized spacial score (nSPS) is 19.0. The van der Waals surface area contributed by atoms with Crippen molar-refractivity contribution >= 4 is 11.9 Å². The lowest BCUT2D eigenvalue weighted by molar-refractivity contribution is -0.379. The molecule has 1 heterocycles. The average molecular weight is 350 g/mol. The lowest BCUT2D eigenvalue weighted by atomic mass is 9.70. The quantitative estimate of drug-likeness (QED) is 0.766. The maximum atomic E-state index is 12.5. The highest BCUT2D eigenvalue weighted by atomic mass is 16.8. The maximum absolute atomic E-state index is 12.5. The van der Waals surface area contributed by atoms with Crippen LogP contribution in [0, 0.1) is 17.3 Å². The SMILES string of the molecule is CC(C)CCC(CO)(C(C)C)C1(O)OC(=O)c2ccccc2C(=O)O1. The molecule has 25 heavy (non-hydrogen) atoms. The molecule has 0 aliphatic carbocycles. The van der Waals surface area contributed by atoms with E-state index in [2.05, 4.69) is 0 Å². The molecule has 6 heteroatoms. The molecule has 0 saturated heterocycles. The fourth-order valence-corrected chi connectivity index (χ4v) is 3.14. The van der Waals surface area contributed by atoms with Crippen LogP contribution in [0.3, 0.4) is 0 Å². The molecule has 0 aromatic heterocycles. The summed E-state index contributed by atoms with van der Waals surface area (Å²) in [6, 6.07) is 6.07. The number of cyclic esters (lactones) is 2. The van der Waals surface area contributed by atoms with Gasteiger partial charge in [-0.15, -0.1) is 0 Å². The van der Waals surface area contributed by atoms with Crippen molar-refractivity contribution in [2.45, 2.75) is 46.5 Å². The fraction of sp³-hybridized carbons (Fsp3) is 0.579. The van der Waals surface area contributed by atoms with Gasteiger partial charge in [0.25, 0.3) is 0 Å². The smallest absolute Gasteiger partial charge is 0.382 e. The summed E-state index contributed by atoms with van der Waals surface area (Å²) >= 11 is 0. The molecule has 138 valence electrons. The minimum Gasteiger partial charge on any atom is -0.395 e. The lowest BCUT2D eigenvalue weighted by Crippen LogP contribution is -2.58. The highest BCUT2D eigenvalue weighted by molar-refractivity contribution is 6.04. The van der Waals surface area contributed by atoms with E-state index in [9.17, 15) is 19.8 Å². The van der Waals surface area contributed by atoms with E-state index in [1.807, 2.05) is 13.8 Å². The van der Waals surface area contributed by atoms with E-state index in [-0.39, 0.29) is 17.0 Å². The Labute approximate surface area is 147 Å². The van der Waals surface area contributed by atoms with Crippen molar-refractivity contribution in [3.8, 4) is 0 Å². The summed E-state index contributed by atoms with van der Waals surface area (Å²) in [6.45, 7) is 7.09. The fourth-order valence-electron chi connectivity index (χ4n) is 3.14. The Morgan fingerprint density at radius 1 is 1.04 bits per heavy atom. The van der Waals surface area contributed by atoms with Crippen molar-refractivity contribution in [3.63, 3.8) is 0 Å². The van der Waals surface area contributed by atoms with Gasteiger partial charge in [-0.1, -0.05) is 39.8 Å². The lowest BCUT2D eigenvalue weighted by Gasteiger charge is -2.45. The standard InChI is InChI=1S/C19H26O6/c1-12(2)9-10-18(11-20,13(3)4)19(23)24-16(21)14-7-5-6-8-15(14)17(22)25-19/h5-8,12-13,20,23H,9-11H2,1-4H3. The van der Waals surface area contributed by atoms with Crippen LogP contribution in [0.15, 0.2) is 24.3 Å². The Bertz CT molecular complexity index is 614. The zero-order chi connectivity index (χ0) is 18.8. The van der Waals surface area contributed by atoms with Crippen molar-refractivity contribution < 1.29 is 29.3 Å². The van der Waals surface area contributed by atoms with Crippen LogP contribution in [0.2, 0.25) is 0 Å². The Kier molecular flexibility index (Phi) is 5.54. The molecule has 0 bridgehead atoms. The molecule has 1 aliphatic rings. The van der Waals surface area contributed by atoms with E-state index < -0.39 is 29.9 Å². The van der Waals surface area contributed by atoms with Crippen molar-refractivity contribution in [2.75, 3.05) is 6.61 Å². The van der Waals surface area contributed by atoms with Crippen molar-refractivity contribution in [1.29, 1.82) is 0 Å². The Balaban J connectivity index is 2.50. The number of aliphatic hydroxyl groups excluding tert-OH is 1. The predicted molar refractivity (Wildman–Crippen MR) is 90.7 cm³/mol. The molecular weight excluding hydrogens is 324 g/mol. The highest BCUT2D eigenvalue weighted by Crippen LogP contribution is 2.46. The summed E-state index contributed by atoms with van der Waals surface area (Å²) in [5, 5.41) is 21.2. The summed E-state index contributed by atoms with van der Waals surface area (Å²) in [6.07, 6.45) is 0.981. The number of carbonyl (C=O) groups excluding carboxylic acids is 2. The molecule has 1 atom stereocenters. The van der Waals surface area contributed by atoms with Crippen molar-refractivity contribution in [1.82, 2.24) is 0 Å². The second-order valence-electron chi connectivity index (χ2n) is 7.31. The molecule has 2 N–H and O–H groups in total. The third-order valence-electron chi connectivity index (χ3n) is 5.01. The number of esters is 2. The van der Waals surface area contributed by atoms with E-state index >= 15 is 0 Å². The van der Waals surface area contributed by atoms with Gasteiger partial charge in [-0.3, -0.25) is 0 Å². The number of carbonyl (C=O) groups is 2. The molecule has 0 fully saturated rings. The maximum Gasteiger partial charge on any atom is 0.382 e. The highest BCUT2D eigenvalue weighted by Gasteiger charge is 2.60. The van der Waals surface area contributed by atoms with E-state index in [0.717, 1.165) is 0 Å². The van der Waals surface area contributed by atoms with E-state index in [1.165, 1.54) is 12.1 Å². The zero-order valence-corrected chi connectivity index (χ0v) is 15.1. The van der Waals surface area contributed by atoms with Crippen LogP contribution < -0.4 is 0 Å². The first-order chi connectivity index (χ1) is 11.7. The topological polar surface area (TPSA) is 93.1 Å². The summed E-state index contributed by atoms with van der Waals surface area (Å²) in [4.78, 5) is 25.0. The minimum atomic E-state index is -2.54. The first-order valence-corrected chi connectivity index (χ1v) is 8.56. The largest absolute Gasteiger partial charge is 0.395 e. The first-order valence-electron chi connectivity index (χ1n) is 8.56. The van der Waals surface area contributed by atoms with Crippen molar-refractivity contribution in [3.05, 3.63) is 35.4 Å². The Morgan fingerprint density at radius 2 is 1.52 bits per heavy atom. The second kappa shape index (κ2) is 7.14. The van der Waals surface area contributed by atoms with Gasteiger partial charge < -0.3 is 19.7 Å². The Morgan fingerprint density at radius 3 is 1.88 bits per heavy atom. The summed E-state index contributed by atoms with van der Waals surface area (Å²) in [7, 11) is 0. The van der Waals surface area contributed by atoms with Crippen LogP contribution in [0.1, 0.15) is 61.3 Å². The number of aliphatic hydroxyl groups is 2. The predicted octanol–water partition coefficient (Wildman–Crippen LogP) is 2.73. The molecule has 1 unspecified atom stereocenters. The minimum absolute atomic E-state index is 0.0304. The van der Waals surface area contributed by atoms with Crippen LogP contribution in [0.5, 0.6) is 0 Å². The molecule has 0 radical (unpaired) electrons. The van der Waals surface area contributed by atoms with Gasteiger partial charge in [-0.05, 0) is 36.8 Å². The second-order valence-corrected chi connectivity index (χ2v) is 7.31. The van der Waals surface area contributed by atoms with Crippen LogP contribution >= 0.6 is 0 Å². The van der Waals surface area contributed by atoms with Crippen LogP contribution in [0.4, 0.5) is 0 Å². The van der Waals surface area contributed by atoms with Crippen LogP contribution in [-0.2, 0) is 9.47 Å². The number of benzene rings is 1. The van der Waals surface area contributed by atoms with E-state index in [0.29, 0.717) is 18.8 Å². The van der Waals surface area contributed by atoms with Gasteiger partial charge in [-0.25, -0.2) is 9.59 Å². The van der Waals surface area contributed by atoms with Gasteiger partial charge in [0.05, 0.1) is 17.7 Å². The first kappa shape index (κ1) is 19.4. The van der Waals surface area contributed by atoms with Crippen LogP contribution in [0.25, 0.3) is 0 Å². The van der Waals surface area contributed by atoms with E-state index in [4.69, 9.17) is 9.47 Å². The molecule has 1 aliphatic heterocycles. The molecular formula is C19H26O6. The summed E-state index contributed by atoms with van der Waals surface area (Å²) in [5.41, 5.74) is -1.27. The number of rotatable bonds is 6. The van der Waals surface area contributed by atoms with E-state index in [1.54, 1.807) is 26.0 Å². The third-order valence-corrected chi connectivity index (χ3v) is 5.01. The third kappa shape index (κ3) is 3.41. The van der Waals surface area contributed by atoms with Gasteiger partial charge >= 0.3 is 17.9 Å². The molecule has 6 nitrogen and oxygen atoms in total.